The predicted molar refractivity (Wildman–Crippen MR) is 138 cm³/mol. The largest absolute Gasteiger partial charge is 0.495 e. The highest BCUT2D eigenvalue weighted by Gasteiger charge is 2.33. The number of nitrogens with one attached hydrogen (secondary N) is 2. The van der Waals surface area contributed by atoms with E-state index in [0.29, 0.717) is 43.2 Å². The molecule has 4 rings (SSSR count). The van der Waals surface area contributed by atoms with E-state index in [-0.39, 0.29) is 22.4 Å². The van der Waals surface area contributed by atoms with Gasteiger partial charge in [-0.05, 0) is 55.3 Å². The molecule has 2 heterocycles. The normalized spacial score (nSPS) is 16.7. The van der Waals surface area contributed by atoms with E-state index in [1.54, 1.807) is 18.3 Å². The Balaban J connectivity index is 1.33. The molecule has 8 nitrogen and oxygen atoms in total. The number of aromatic nitrogens is 1. The van der Waals surface area contributed by atoms with Gasteiger partial charge in [-0.15, -0.1) is 0 Å². The number of nitrogens with zero attached hydrogens (tertiary/aromatic N) is 2. The van der Waals surface area contributed by atoms with Crippen molar-refractivity contribution in [3.05, 3.63) is 58.7 Å². The fourth-order valence-corrected chi connectivity index (χ4v) is 6.17. The topological polar surface area (TPSA) is 101 Å². The van der Waals surface area contributed by atoms with E-state index in [1.807, 2.05) is 12.1 Å². The van der Waals surface area contributed by atoms with Gasteiger partial charge < -0.3 is 15.4 Å². The fraction of sp³-hybridized carbons (Fsp3) is 0.333. The maximum Gasteiger partial charge on any atom is 0.243 e. The second-order valence-corrected chi connectivity index (χ2v) is 11.0. The van der Waals surface area contributed by atoms with Crippen LogP contribution in [0.3, 0.4) is 0 Å². The van der Waals surface area contributed by atoms with Gasteiger partial charge in [-0.2, -0.15) is 4.31 Å². The van der Waals surface area contributed by atoms with Gasteiger partial charge >= 0.3 is 0 Å². The van der Waals surface area contributed by atoms with Crippen LogP contribution in [-0.4, -0.2) is 56.9 Å². The highest BCUT2D eigenvalue weighted by atomic mass is 35.5. The lowest BCUT2D eigenvalue weighted by atomic mass is 9.99. The van der Waals surface area contributed by atoms with Crippen molar-refractivity contribution >= 4 is 55.7 Å². The Kier molecular flexibility index (Phi) is 8.01. The Hall–Kier alpha value is -2.59. The molecular weight excluding hydrogens is 511 g/mol. The molecule has 0 radical (unpaired) electrons. The van der Waals surface area contributed by atoms with Crippen LogP contribution in [0, 0.1) is 5.92 Å². The van der Waals surface area contributed by atoms with Crippen LogP contribution in [0.4, 0.5) is 5.69 Å². The van der Waals surface area contributed by atoms with Gasteiger partial charge in [0, 0.05) is 48.5 Å². The third-order valence-corrected chi connectivity index (χ3v) is 8.35. The minimum atomic E-state index is -3.78. The van der Waals surface area contributed by atoms with E-state index in [9.17, 15) is 13.2 Å². The van der Waals surface area contributed by atoms with Crippen molar-refractivity contribution < 1.29 is 17.9 Å². The molecule has 2 aromatic carbocycles. The third kappa shape index (κ3) is 5.81. The van der Waals surface area contributed by atoms with Crippen LogP contribution in [0.25, 0.3) is 10.9 Å². The maximum atomic E-state index is 13.1. The quantitative estimate of drug-likeness (QED) is 0.419. The van der Waals surface area contributed by atoms with Gasteiger partial charge in [0.15, 0.2) is 0 Å². The number of hydrogen-bond acceptors (Lipinski definition) is 6. The second kappa shape index (κ2) is 11.0. The first kappa shape index (κ1) is 25.5. The molecule has 1 fully saturated rings. The van der Waals surface area contributed by atoms with Crippen LogP contribution < -0.4 is 15.4 Å². The molecule has 1 aliphatic heterocycles. The molecule has 0 saturated carbocycles. The summed E-state index contributed by atoms with van der Waals surface area (Å²) < 4.78 is 32.7. The van der Waals surface area contributed by atoms with Gasteiger partial charge in [0.05, 0.1) is 28.5 Å². The minimum absolute atomic E-state index is 0.0828. The zero-order chi connectivity index (χ0) is 25.0. The van der Waals surface area contributed by atoms with Crippen molar-refractivity contribution in [2.45, 2.75) is 17.7 Å². The van der Waals surface area contributed by atoms with Crippen molar-refractivity contribution in [2.24, 2.45) is 5.92 Å². The Morgan fingerprint density at radius 1 is 1.17 bits per heavy atom. The SMILES string of the molecule is COc1ccc(S(=O)(=O)N2CCCC(C(=O)NCCNc3ccnc4cc(Cl)ccc34)C2)cc1Cl. The maximum absolute atomic E-state index is 13.1. The monoisotopic (exact) mass is 536 g/mol. The molecule has 2 N–H and O–H groups in total. The first-order chi connectivity index (χ1) is 16.8. The van der Waals surface area contributed by atoms with Gasteiger partial charge in [-0.25, -0.2) is 8.42 Å². The van der Waals surface area contributed by atoms with E-state index in [4.69, 9.17) is 27.9 Å². The van der Waals surface area contributed by atoms with Crippen LogP contribution in [0.5, 0.6) is 5.75 Å². The average molecular weight is 537 g/mol. The van der Waals surface area contributed by atoms with Crippen LogP contribution in [0.2, 0.25) is 10.0 Å². The van der Waals surface area contributed by atoms with Crippen molar-refractivity contribution in [3.8, 4) is 5.75 Å². The van der Waals surface area contributed by atoms with E-state index in [2.05, 4.69) is 15.6 Å². The van der Waals surface area contributed by atoms with E-state index < -0.39 is 15.9 Å². The molecule has 186 valence electrons. The van der Waals surface area contributed by atoms with Crippen LogP contribution in [-0.2, 0) is 14.8 Å². The van der Waals surface area contributed by atoms with E-state index >= 15 is 0 Å². The number of sulfonamides is 1. The minimum Gasteiger partial charge on any atom is -0.495 e. The van der Waals surface area contributed by atoms with E-state index in [1.165, 1.54) is 29.6 Å². The first-order valence-electron chi connectivity index (χ1n) is 11.2. The molecule has 11 heteroatoms. The number of rotatable bonds is 8. The molecule has 1 unspecified atom stereocenters. The molecule has 0 spiro atoms. The summed E-state index contributed by atoms with van der Waals surface area (Å²) in [5.74, 6) is -0.180. The molecule has 35 heavy (non-hydrogen) atoms. The zero-order valence-corrected chi connectivity index (χ0v) is 21.5. The van der Waals surface area contributed by atoms with Gasteiger partial charge in [-0.3, -0.25) is 9.78 Å². The van der Waals surface area contributed by atoms with Crippen molar-refractivity contribution in [1.29, 1.82) is 0 Å². The molecule has 0 bridgehead atoms. The number of amides is 1. The number of carbonyl (C=O) groups is 1. The standard InChI is InChI=1S/C24H26Cl2N4O4S/c1-34-23-7-5-18(14-20(23)26)35(32,33)30-12-2-3-16(15-30)24(31)29-11-10-28-21-8-9-27-22-13-17(25)4-6-19(21)22/h4-9,13-14,16H,2-3,10-12,15H2,1H3,(H,27,28)(H,29,31). The average Bonchev–Trinajstić information content (AvgIpc) is 2.86. The predicted octanol–water partition coefficient (Wildman–Crippen LogP) is 4.18. The number of halogens is 2. The highest BCUT2D eigenvalue weighted by Crippen LogP contribution is 2.30. The summed E-state index contributed by atoms with van der Waals surface area (Å²) in [5.41, 5.74) is 1.68. The number of piperidine rings is 1. The van der Waals surface area contributed by atoms with Crippen LogP contribution >= 0.6 is 23.2 Å². The number of ether oxygens (including phenoxy) is 1. The number of methoxy groups -OCH3 is 1. The molecular formula is C24H26Cl2N4O4S. The van der Waals surface area contributed by atoms with E-state index in [0.717, 1.165) is 16.6 Å². The summed E-state index contributed by atoms with van der Waals surface area (Å²) in [5, 5.41) is 8.00. The number of fused-ring (bicyclic) bond motifs is 1. The molecule has 1 aromatic heterocycles. The Bertz CT molecular complexity index is 1340. The summed E-state index contributed by atoms with van der Waals surface area (Å²) >= 11 is 12.2. The van der Waals surface area contributed by atoms with Crippen molar-refractivity contribution in [2.75, 3.05) is 38.6 Å². The highest BCUT2D eigenvalue weighted by molar-refractivity contribution is 7.89. The van der Waals surface area contributed by atoms with Crippen LogP contribution in [0.15, 0.2) is 53.6 Å². The summed E-state index contributed by atoms with van der Waals surface area (Å²) in [6.45, 7) is 1.39. The molecule has 1 saturated heterocycles. The zero-order valence-electron chi connectivity index (χ0n) is 19.1. The van der Waals surface area contributed by atoms with Crippen molar-refractivity contribution in [3.63, 3.8) is 0 Å². The number of hydrogen-bond donors (Lipinski definition) is 2. The third-order valence-electron chi connectivity index (χ3n) is 5.96. The fourth-order valence-electron chi connectivity index (χ4n) is 4.13. The summed E-state index contributed by atoms with van der Waals surface area (Å²) in [6, 6.07) is 11.7. The summed E-state index contributed by atoms with van der Waals surface area (Å²) in [4.78, 5) is 17.2. The molecule has 1 amide bonds. The number of pyridine rings is 1. The van der Waals surface area contributed by atoms with Gasteiger partial charge in [0.25, 0.3) is 0 Å². The van der Waals surface area contributed by atoms with Crippen molar-refractivity contribution in [1.82, 2.24) is 14.6 Å². The van der Waals surface area contributed by atoms with Crippen LogP contribution in [0.1, 0.15) is 12.8 Å². The number of carbonyl (C=O) groups excluding carboxylic acids is 1. The molecule has 1 atom stereocenters. The lowest BCUT2D eigenvalue weighted by Gasteiger charge is -2.31. The number of benzene rings is 2. The smallest absolute Gasteiger partial charge is 0.243 e. The van der Waals surface area contributed by atoms with Gasteiger partial charge in [-0.1, -0.05) is 23.2 Å². The second-order valence-electron chi connectivity index (χ2n) is 8.24. The molecule has 3 aromatic rings. The van der Waals surface area contributed by atoms with Gasteiger partial charge in [0.1, 0.15) is 5.75 Å². The molecule has 0 aliphatic carbocycles. The summed E-state index contributed by atoms with van der Waals surface area (Å²) in [6.07, 6.45) is 2.93. The lowest BCUT2D eigenvalue weighted by molar-refractivity contribution is -0.125. The summed E-state index contributed by atoms with van der Waals surface area (Å²) in [7, 11) is -2.31. The Labute approximate surface area is 214 Å². The molecule has 1 aliphatic rings. The lowest BCUT2D eigenvalue weighted by Crippen LogP contribution is -2.46. The number of anilines is 1. The Morgan fingerprint density at radius 3 is 2.77 bits per heavy atom. The van der Waals surface area contributed by atoms with Gasteiger partial charge in [0.2, 0.25) is 15.9 Å². The Morgan fingerprint density at radius 2 is 2.00 bits per heavy atom. The first-order valence-corrected chi connectivity index (χ1v) is 13.4.